The highest BCUT2D eigenvalue weighted by molar-refractivity contribution is 6.00. The van der Waals surface area contributed by atoms with Crippen molar-refractivity contribution < 1.29 is 4.79 Å². The van der Waals surface area contributed by atoms with Crippen LogP contribution in [0.2, 0.25) is 0 Å². The minimum Gasteiger partial charge on any atom is -0.351 e. The van der Waals surface area contributed by atoms with Crippen molar-refractivity contribution in [1.29, 1.82) is 0 Å². The molecule has 0 bridgehead atoms. The predicted octanol–water partition coefficient (Wildman–Crippen LogP) is 3.53. The minimum absolute atomic E-state index is 0.0973. The van der Waals surface area contributed by atoms with E-state index >= 15 is 0 Å². The van der Waals surface area contributed by atoms with Crippen molar-refractivity contribution in [3.8, 4) is 16.9 Å². The Kier molecular flexibility index (Phi) is 6.04. The Bertz CT molecular complexity index is 902. The number of amides is 1. The Hall–Kier alpha value is -2.92. The molecule has 0 saturated carbocycles. The Balaban J connectivity index is 1.94. The van der Waals surface area contributed by atoms with Gasteiger partial charge in [-0.25, -0.2) is 4.68 Å². The van der Waals surface area contributed by atoms with Gasteiger partial charge in [0, 0.05) is 24.8 Å². The second kappa shape index (κ2) is 8.64. The van der Waals surface area contributed by atoms with Crippen LogP contribution in [0.3, 0.4) is 0 Å². The third kappa shape index (κ3) is 4.44. The number of aromatic nitrogens is 2. The molecule has 0 unspecified atom stereocenters. The molecule has 0 spiro atoms. The first-order chi connectivity index (χ1) is 13.1. The summed E-state index contributed by atoms with van der Waals surface area (Å²) < 4.78 is 1.77. The van der Waals surface area contributed by atoms with Crippen molar-refractivity contribution in [2.24, 2.45) is 0 Å². The van der Waals surface area contributed by atoms with Gasteiger partial charge in [-0.15, -0.1) is 0 Å². The lowest BCUT2D eigenvalue weighted by Gasteiger charge is -2.14. The van der Waals surface area contributed by atoms with E-state index in [4.69, 9.17) is 5.10 Å². The molecule has 0 aliphatic heterocycles. The van der Waals surface area contributed by atoms with E-state index in [9.17, 15) is 4.79 Å². The van der Waals surface area contributed by atoms with Gasteiger partial charge in [0.15, 0.2) is 0 Å². The summed E-state index contributed by atoms with van der Waals surface area (Å²) in [4.78, 5) is 15.0. The van der Waals surface area contributed by atoms with Crippen LogP contribution < -0.4 is 5.32 Å². The zero-order chi connectivity index (χ0) is 19.2. The van der Waals surface area contributed by atoms with Crippen molar-refractivity contribution in [2.75, 3.05) is 26.7 Å². The summed E-state index contributed by atoms with van der Waals surface area (Å²) in [6.45, 7) is 6.51. The van der Waals surface area contributed by atoms with Gasteiger partial charge in [0.25, 0.3) is 5.91 Å². The molecule has 5 heteroatoms. The number of hydrogen-bond acceptors (Lipinski definition) is 3. The Morgan fingerprint density at radius 2 is 1.81 bits per heavy atom. The summed E-state index contributed by atoms with van der Waals surface area (Å²) >= 11 is 0. The maximum atomic E-state index is 12.9. The van der Waals surface area contributed by atoms with Gasteiger partial charge < -0.3 is 10.2 Å². The fraction of sp³-hybridized carbons (Fsp3) is 0.273. The zero-order valence-corrected chi connectivity index (χ0v) is 16.1. The summed E-state index contributed by atoms with van der Waals surface area (Å²) in [7, 11) is 2.04. The fourth-order valence-electron chi connectivity index (χ4n) is 2.90. The van der Waals surface area contributed by atoms with Gasteiger partial charge >= 0.3 is 0 Å². The van der Waals surface area contributed by atoms with Crippen molar-refractivity contribution in [1.82, 2.24) is 20.0 Å². The maximum absolute atomic E-state index is 12.9. The van der Waals surface area contributed by atoms with Gasteiger partial charge in [0.2, 0.25) is 0 Å². The first-order valence-corrected chi connectivity index (χ1v) is 9.28. The smallest absolute Gasteiger partial charge is 0.255 e. The van der Waals surface area contributed by atoms with Crippen molar-refractivity contribution in [3.63, 3.8) is 0 Å². The molecular formula is C22H26N4O. The summed E-state index contributed by atoms with van der Waals surface area (Å²) in [5.41, 5.74) is 4.29. The Morgan fingerprint density at radius 1 is 1.11 bits per heavy atom. The quantitative estimate of drug-likeness (QED) is 0.699. The van der Waals surface area contributed by atoms with E-state index in [2.05, 4.69) is 17.1 Å². The van der Waals surface area contributed by atoms with Crippen LogP contribution in [0.1, 0.15) is 22.8 Å². The largest absolute Gasteiger partial charge is 0.351 e. The van der Waals surface area contributed by atoms with Crippen molar-refractivity contribution in [3.05, 3.63) is 71.9 Å². The van der Waals surface area contributed by atoms with Gasteiger partial charge in [-0.05, 0) is 38.2 Å². The minimum atomic E-state index is -0.0973. The Morgan fingerprint density at radius 3 is 2.52 bits per heavy atom. The van der Waals surface area contributed by atoms with E-state index in [-0.39, 0.29) is 5.91 Å². The normalized spacial score (nSPS) is 11.0. The molecular weight excluding hydrogens is 336 g/mol. The third-order valence-electron chi connectivity index (χ3n) is 4.70. The van der Waals surface area contributed by atoms with Gasteiger partial charge in [0.1, 0.15) is 5.69 Å². The lowest BCUT2D eigenvalue weighted by atomic mass is 10.0. The lowest BCUT2D eigenvalue weighted by Crippen LogP contribution is -2.33. The van der Waals surface area contributed by atoms with Gasteiger partial charge in [-0.2, -0.15) is 5.10 Å². The molecule has 5 nitrogen and oxygen atoms in total. The lowest BCUT2D eigenvalue weighted by molar-refractivity contribution is 0.0951. The molecule has 0 saturated heterocycles. The van der Waals surface area contributed by atoms with Crippen LogP contribution in [0, 0.1) is 6.92 Å². The first-order valence-electron chi connectivity index (χ1n) is 9.28. The van der Waals surface area contributed by atoms with Gasteiger partial charge in [-0.3, -0.25) is 4.79 Å². The van der Waals surface area contributed by atoms with Crippen LogP contribution in [-0.2, 0) is 0 Å². The van der Waals surface area contributed by atoms with E-state index in [1.165, 1.54) is 0 Å². The van der Waals surface area contributed by atoms with Crippen molar-refractivity contribution in [2.45, 2.75) is 13.8 Å². The second-order valence-electron chi connectivity index (χ2n) is 6.64. The molecule has 140 valence electrons. The number of hydrogen-bond donors (Lipinski definition) is 1. The summed E-state index contributed by atoms with van der Waals surface area (Å²) in [6, 6.07) is 17.9. The molecule has 1 aromatic heterocycles. The van der Waals surface area contributed by atoms with E-state index in [1.54, 1.807) is 4.68 Å². The number of rotatable bonds is 7. The van der Waals surface area contributed by atoms with Crippen LogP contribution in [0.15, 0.2) is 60.8 Å². The van der Waals surface area contributed by atoms with Crippen LogP contribution in [0.25, 0.3) is 16.9 Å². The highest BCUT2D eigenvalue weighted by Gasteiger charge is 2.19. The number of likely N-dealkylation sites (N-methyl/N-ethyl adjacent to an activating group) is 1. The highest BCUT2D eigenvalue weighted by atomic mass is 16.1. The highest BCUT2D eigenvalue weighted by Crippen LogP contribution is 2.26. The van der Waals surface area contributed by atoms with Crippen LogP contribution in [0.5, 0.6) is 0 Å². The molecule has 0 atom stereocenters. The summed E-state index contributed by atoms with van der Waals surface area (Å²) in [5, 5.41) is 7.76. The molecule has 0 aliphatic carbocycles. The number of nitrogens with one attached hydrogen (secondary N) is 1. The monoisotopic (exact) mass is 362 g/mol. The number of carbonyl (C=O) groups is 1. The SMILES string of the molecule is CCN(C)CCNC(=O)c1cn(-c2ccccc2)nc1-c1ccccc1C. The molecule has 0 aliphatic rings. The third-order valence-corrected chi connectivity index (χ3v) is 4.70. The molecule has 2 aromatic carbocycles. The average Bonchev–Trinajstić information content (AvgIpc) is 3.14. The number of benzene rings is 2. The van der Waals surface area contributed by atoms with Gasteiger partial charge in [-0.1, -0.05) is 49.4 Å². The van der Waals surface area contributed by atoms with Crippen molar-refractivity contribution >= 4 is 5.91 Å². The van der Waals surface area contributed by atoms with E-state index in [0.717, 1.165) is 29.9 Å². The summed E-state index contributed by atoms with van der Waals surface area (Å²) in [6.07, 6.45) is 1.82. The molecule has 1 amide bonds. The molecule has 3 aromatic rings. The average molecular weight is 362 g/mol. The molecule has 1 heterocycles. The van der Waals surface area contributed by atoms with Crippen LogP contribution >= 0.6 is 0 Å². The van der Waals surface area contributed by atoms with E-state index < -0.39 is 0 Å². The number of carbonyl (C=O) groups excluding carboxylic acids is 1. The second-order valence-corrected chi connectivity index (χ2v) is 6.64. The molecule has 3 rings (SSSR count). The Labute approximate surface area is 160 Å². The van der Waals surface area contributed by atoms with E-state index in [0.29, 0.717) is 17.8 Å². The molecule has 27 heavy (non-hydrogen) atoms. The molecule has 1 N–H and O–H groups in total. The fourth-order valence-corrected chi connectivity index (χ4v) is 2.90. The number of nitrogens with zero attached hydrogens (tertiary/aromatic N) is 3. The predicted molar refractivity (Wildman–Crippen MR) is 109 cm³/mol. The first kappa shape index (κ1) is 18.9. The topological polar surface area (TPSA) is 50.2 Å². The maximum Gasteiger partial charge on any atom is 0.255 e. The standard InChI is InChI=1S/C22H26N4O/c1-4-25(3)15-14-23-22(27)20-16-26(18-11-6-5-7-12-18)24-21(20)19-13-9-8-10-17(19)2/h5-13,16H,4,14-15H2,1-3H3,(H,23,27). The van der Waals surface area contributed by atoms with Crippen LogP contribution in [0.4, 0.5) is 0 Å². The van der Waals surface area contributed by atoms with Gasteiger partial charge in [0.05, 0.1) is 11.3 Å². The molecule has 0 radical (unpaired) electrons. The van der Waals surface area contributed by atoms with Crippen LogP contribution in [-0.4, -0.2) is 47.3 Å². The summed E-state index contributed by atoms with van der Waals surface area (Å²) in [5.74, 6) is -0.0973. The molecule has 0 fully saturated rings. The van der Waals surface area contributed by atoms with E-state index in [1.807, 2.05) is 74.8 Å². The zero-order valence-electron chi connectivity index (χ0n) is 16.1. The number of para-hydroxylation sites is 1. The number of aryl methyl sites for hydroxylation is 1.